The van der Waals surface area contributed by atoms with Crippen molar-refractivity contribution in [2.75, 3.05) is 7.11 Å². The van der Waals surface area contributed by atoms with Gasteiger partial charge in [0.1, 0.15) is 11.9 Å². The van der Waals surface area contributed by atoms with Crippen LogP contribution in [0.5, 0.6) is 5.75 Å². The van der Waals surface area contributed by atoms with Crippen LogP contribution in [0.25, 0.3) is 0 Å². The van der Waals surface area contributed by atoms with Gasteiger partial charge in [-0.25, -0.2) is 4.79 Å². The average molecular weight is 1030 g/mol. The maximum Gasteiger partial charge on any atom is 0.333 e. The van der Waals surface area contributed by atoms with Gasteiger partial charge in [0, 0.05) is 18.4 Å². The molecule has 0 aromatic heterocycles. The van der Waals surface area contributed by atoms with E-state index in [-0.39, 0.29) is 30.7 Å². The number of aliphatic hydroxyl groups is 1. The van der Waals surface area contributed by atoms with Crippen molar-refractivity contribution in [3.05, 3.63) is 77.4 Å². The molecule has 0 fully saturated rings. The molecule has 0 unspecified atom stereocenters. The lowest BCUT2D eigenvalue weighted by atomic mass is 9.85. The normalized spacial score (nSPS) is 28.3. The van der Waals surface area contributed by atoms with Gasteiger partial charge in [-0.1, -0.05) is 125 Å². The van der Waals surface area contributed by atoms with Crippen molar-refractivity contribution < 1.29 is 42.2 Å². The molecule has 1 aliphatic rings. The Morgan fingerprint density at radius 1 is 0.800 bits per heavy atom. The molecular formula is C58H102O9Si3. The van der Waals surface area contributed by atoms with Crippen LogP contribution in [-0.4, -0.2) is 85.0 Å². The van der Waals surface area contributed by atoms with Gasteiger partial charge in [-0.15, -0.1) is 0 Å². The average Bonchev–Trinajstić information content (AvgIpc) is 3.34. The summed E-state index contributed by atoms with van der Waals surface area (Å²) in [7, 11) is -5.23. The quantitative estimate of drug-likeness (QED) is 0.0823. The smallest absolute Gasteiger partial charge is 0.333 e. The predicted molar refractivity (Wildman–Crippen MR) is 300 cm³/mol. The third-order valence-corrected chi connectivity index (χ3v) is 30.2. The SMILES string of the molecule is C=C1/C=C(\C)[C@](C)(O[Si](CC)(CC)CC)C[C@H](O[Si](CC)(CC)CC)CC(=O)[C@H](OCc2ccc(OC)cc2)[C@@H](O[Si](CC)(CC)CC)[C@H](C)C[C@H](C)OC(=O)/C(C)=C/CCC[C@@H](O)/C=C/C[C@H](C)C1. The molecule has 1 N–H and O–H groups in total. The minimum Gasteiger partial charge on any atom is -0.497 e. The van der Waals surface area contributed by atoms with E-state index < -0.39 is 61.1 Å². The Labute approximate surface area is 431 Å². The third-order valence-electron chi connectivity index (χ3n) is 16.1. The highest BCUT2D eigenvalue weighted by molar-refractivity contribution is 6.74. The van der Waals surface area contributed by atoms with Gasteiger partial charge in [0.15, 0.2) is 30.7 Å². The van der Waals surface area contributed by atoms with Crippen molar-refractivity contribution in [2.45, 2.75) is 252 Å². The molecule has 70 heavy (non-hydrogen) atoms. The first-order valence-corrected chi connectivity index (χ1v) is 35.1. The largest absolute Gasteiger partial charge is 0.497 e. The van der Waals surface area contributed by atoms with E-state index in [1.54, 1.807) is 14.0 Å². The van der Waals surface area contributed by atoms with Gasteiger partial charge in [-0.3, -0.25) is 4.79 Å². The fourth-order valence-electron chi connectivity index (χ4n) is 10.4. The van der Waals surface area contributed by atoms with E-state index in [9.17, 15) is 9.90 Å². The Hall–Kier alpha value is -2.43. The lowest BCUT2D eigenvalue weighted by Gasteiger charge is -2.45. The summed E-state index contributed by atoms with van der Waals surface area (Å²) in [6, 6.07) is 16.3. The number of methoxy groups -OCH3 is 1. The van der Waals surface area contributed by atoms with Crippen LogP contribution in [0.4, 0.5) is 0 Å². The molecule has 0 radical (unpaired) electrons. The second-order valence-electron chi connectivity index (χ2n) is 21.1. The molecular weight excluding hydrogens is 925 g/mol. The maximum absolute atomic E-state index is 15.8. The Morgan fingerprint density at radius 3 is 1.90 bits per heavy atom. The van der Waals surface area contributed by atoms with Crippen LogP contribution in [0.2, 0.25) is 54.4 Å². The fraction of sp³-hybridized carbons (Fsp3) is 0.724. The number of rotatable bonds is 19. The van der Waals surface area contributed by atoms with Crippen molar-refractivity contribution in [1.29, 1.82) is 0 Å². The van der Waals surface area contributed by atoms with Crippen LogP contribution < -0.4 is 4.74 Å². The van der Waals surface area contributed by atoms with E-state index in [4.69, 9.17) is 27.5 Å². The Balaban J connectivity index is 3.00. The molecule has 2 rings (SSSR count). The van der Waals surface area contributed by atoms with Crippen molar-refractivity contribution in [2.24, 2.45) is 11.8 Å². The lowest BCUT2D eigenvalue weighted by molar-refractivity contribution is -0.149. The van der Waals surface area contributed by atoms with E-state index in [2.05, 4.69) is 109 Å². The van der Waals surface area contributed by atoms with Crippen LogP contribution in [0.1, 0.15) is 161 Å². The summed E-state index contributed by atoms with van der Waals surface area (Å²) >= 11 is 0. The van der Waals surface area contributed by atoms with Crippen LogP contribution in [0.3, 0.4) is 0 Å². The summed E-state index contributed by atoms with van der Waals surface area (Å²) in [5.41, 5.74) is 2.87. The standard InChI is InChI=1S/C58H102O9Si3/c1-18-68(19-2,20-3)65-53-41-54(60)56(63-43-50-34-36-52(62-17)37-35-50)55(66-69(21-4,22-5)23-6)47(13)40-49(15)64-57(61)46(12)31-27-28-32-51(59)33-29-30-44(10)38-45(11)39-48(14)58(16,42-53)67-70(24-7,25-8)26-9/h29,31,33-37,39,44,47,49,51,53,55-56,59H,11,18-28,30,32,38,40-43H2,1-10,12-17H3/b33-29+,46-31+,48-39+/t44-,47+,49-,51+,53+,55-,56-,58+/m0/s1. The summed E-state index contributed by atoms with van der Waals surface area (Å²) in [6.07, 6.45) is 9.91. The van der Waals surface area contributed by atoms with Crippen molar-refractivity contribution in [3.8, 4) is 5.75 Å². The van der Waals surface area contributed by atoms with Gasteiger partial charge >= 0.3 is 5.97 Å². The maximum atomic E-state index is 15.8. The number of ketones is 1. The number of cyclic esters (lactones) is 1. The van der Waals surface area contributed by atoms with E-state index in [1.165, 1.54) is 0 Å². The van der Waals surface area contributed by atoms with Crippen molar-refractivity contribution in [1.82, 2.24) is 0 Å². The zero-order valence-corrected chi connectivity index (χ0v) is 50.3. The minimum absolute atomic E-state index is 0.0389. The second kappa shape index (κ2) is 31.3. The highest BCUT2D eigenvalue weighted by Gasteiger charge is 2.46. The molecule has 0 amide bonds. The van der Waals surface area contributed by atoms with Gasteiger partial charge in [-0.2, -0.15) is 0 Å². The zero-order chi connectivity index (χ0) is 52.7. The number of hydrogen-bond donors (Lipinski definition) is 1. The van der Waals surface area contributed by atoms with Gasteiger partial charge in [0.2, 0.25) is 0 Å². The summed E-state index contributed by atoms with van der Waals surface area (Å²) in [5.74, 6) is 0.445. The Morgan fingerprint density at radius 2 is 1.36 bits per heavy atom. The Bertz CT molecular complexity index is 1770. The summed E-state index contributed by atoms with van der Waals surface area (Å²) in [5, 5.41) is 10.8. The topological polar surface area (TPSA) is 110 Å². The number of Topliss-reactive ketones (excluding diaryl/α,β-unsaturated/α-hetero) is 1. The van der Waals surface area contributed by atoms with Crippen molar-refractivity contribution in [3.63, 3.8) is 0 Å². The van der Waals surface area contributed by atoms with Gasteiger partial charge in [0.05, 0.1) is 43.7 Å². The molecule has 8 atom stereocenters. The van der Waals surface area contributed by atoms with E-state index in [1.807, 2.05) is 43.3 Å². The monoisotopic (exact) mass is 1030 g/mol. The van der Waals surface area contributed by atoms with Crippen LogP contribution in [0, 0.1) is 11.8 Å². The third kappa shape index (κ3) is 19.8. The number of carbonyl (C=O) groups excluding carboxylic acids is 2. The Kier molecular flexibility index (Phi) is 28.5. The second-order valence-corrected chi connectivity index (χ2v) is 35.3. The highest BCUT2D eigenvalue weighted by Crippen LogP contribution is 2.40. The molecule has 0 saturated heterocycles. The van der Waals surface area contributed by atoms with Gasteiger partial charge in [-0.05, 0) is 156 Å². The molecule has 9 nitrogen and oxygen atoms in total. The number of hydrogen-bond acceptors (Lipinski definition) is 9. The number of benzene rings is 1. The fourth-order valence-corrected chi connectivity index (χ4v) is 19.3. The zero-order valence-electron chi connectivity index (χ0n) is 47.3. The number of ether oxygens (including phenoxy) is 3. The molecule has 12 heteroatoms. The van der Waals surface area contributed by atoms with E-state index >= 15 is 4.79 Å². The minimum atomic E-state index is -2.36. The molecule has 0 saturated carbocycles. The number of esters is 1. The van der Waals surface area contributed by atoms with E-state index in [0.717, 1.165) is 96.1 Å². The highest BCUT2D eigenvalue weighted by atomic mass is 28.4. The van der Waals surface area contributed by atoms with Crippen LogP contribution in [0.15, 0.2) is 71.9 Å². The molecule has 1 aromatic carbocycles. The van der Waals surface area contributed by atoms with Gasteiger partial charge in [0.25, 0.3) is 0 Å². The summed E-state index contributed by atoms with van der Waals surface area (Å²) < 4.78 is 41.3. The summed E-state index contributed by atoms with van der Waals surface area (Å²) in [4.78, 5) is 29.4. The summed E-state index contributed by atoms with van der Waals surface area (Å²) in [6.45, 7) is 37.5. The molecule has 0 bridgehead atoms. The molecule has 0 aliphatic carbocycles. The molecule has 1 heterocycles. The first-order valence-electron chi connectivity index (χ1n) is 27.6. The molecule has 400 valence electrons. The van der Waals surface area contributed by atoms with E-state index in [0.29, 0.717) is 37.2 Å². The molecule has 0 spiro atoms. The first kappa shape index (κ1) is 63.7. The molecule has 1 aromatic rings. The van der Waals surface area contributed by atoms with Gasteiger partial charge < -0.3 is 32.6 Å². The number of aliphatic hydroxyl groups excluding tert-OH is 1. The molecule has 1 aliphatic heterocycles. The van der Waals surface area contributed by atoms with Crippen LogP contribution >= 0.6 is 0 Å². The lowest BCUT2D eigenvalue weighted by Crippen LogP contribution is -2.53. The number of allylic oxidation sites excluding steroid dienone is 4. The first-order chi connectivity index (χ1) is 33.1. The van der Waals surface area contributed by atoms with Crippen molar-refractivity contribution >= 4 is 36.7 Å². The van der Waals surface area contributed by atoms with Crippen LogP contribution in [-0.2, 0) is 38.9 Å². The predicted octanol–water partition coefficient (Wildman–Crippen LogP) is 15.4. The number of carbonyl (C=O) groups is 2.